The second kappa shape index (κ2) is 7.33. The highest BCUT2D eigenvalue weighted by Crippen LogP contribution is 2.26. The summed E-state index contributed by atoms with van der Waals surface area (Å²) in [4.78, 5) is 22.7. The largest absolute Gasteiger partial charge is 0.480 e. The molecular formula is C13H24N2O4. The predicted octanol–water partition coefficient (Wildman–Crippen LogP) is 1.09. The zero-order valence-electron chi connectivity index (χ0n) is 11.6. The van der Waals surface area contributed by atoms with E-state index in [-0.39, 0.29) is 6.04 Å². The van der Waals surface area contributed by atoms with Crippen LogP contribution in [0.25, 0.3) is 0 Å². The molecule has 0 aromatic carbocycles. The first-order chi connectivity index (χ1) is 8.95. The van der Waals surface area contributed by atoms with Gasteiger partial charge in [0.25, 0.3) is 0 Å². The second-order valence-corrected chi connectivity index (χ2v) is 5.23. The Bertz CT molecular complexity index is 320. The fourth-order valence-electron chi connectivity index (χ4n) is 2.63. The molecule has 0 heterocycles. The van der Waals surface area contributed by atoms with Crippen LogP contribution in [0.1, 0.15) is 46.0 Å². The standard InChI is InChI=1S/C13H24N2O4/c1-3-9-6-4-5-7-10(9)14-13(19)15-11(8(2)16)12(17)18/h8-11,16H,3-7H2,1-2H3,(H,17,18)(H2,14,15,19). The average Bonchev–Trinajstić information content (AvgIpc) is 2.36. The van der Waals surface area contributed by atoms with Gasteiger partial charge in [0, 0.05) is 6.04 Å². The Hall–Kier alpha value is -1.30. The Balaban J connectivity index is 2.51. The van der Waals surface area contributed by atoms with Crippen LogP contribution >= 0.6 is 0 Å². The van der Waals surface area contributed by atoms with Crippen molar-refractivity contribution in [1.29, 1.82) is 0 Å². The van der Waals surface area contributed by atoms with Crippen LogP contribution in [0.3, 0.4) is 0 Å². The van der Waals surface area contributed by atoms with E-state index in [9.17, 15) is 14.7 Å². The summed E-state index contributed by atoms with van der Waals surface area (Å²) in [5, 5.41) is 23.4. The number of aliphatic hydroxyl groups is 1. The average molecular weight is 272 g/mol. The Morgan fingerprint density at radius 2 is 1.95 bits per heavy atom. The van der Waals surface area contributed by atoms with Crippen molar-refractivity contribution >= 4 is 12.0 Å². The molecule has 1 rings (SSSR count). The lowest BCUT2D eigenvalue weighted by atomic mass is 9.83. The fraction of sp³-hybridized carbons (Fsp3) is 0.846. The van der Waals surface area contributed by atoms with Crippen molar-refractivity contribution in [3.8, 4) is 0 Å². The van der Waals surface area contributed by atoms with E-state index < -0.39 is 24.1 Å². The van der Waals surface area contributed by atoms with E-state index in [0.717, 1.165) is 25.7 Å². The number of amides is 2. The maximum Gasteiger partial charge on any atom is 0.328 e. The van der Waals surface area contributed by atoms with Crippen molar-refractivity contribution in [2.75, 3.05) is 0 Å². The third-order valence-electron chi connectivity index (χ3n) is 3.78. The van der Waals surface area contributed by atoms with E-state index in [0.29, 0.717) is 5.92 Å². The molecule has 0 aromatic rings. The number of hydrogen-bond donors (Lipinski definition) is 4. The van der Waals surface area contributed by atoms with Crippen LogP contribution in [0.2, 0.25) is 0 Å². The number of carboxylic acid groups (broad SMARTS) is 1. The number of aliphatic carboxylic acids is 1. The van der Waals surface area contributed by atoms with Crippen LogP contribution in [0.4, 0.5) is 4.79 Å². The van der Waals surface area contributed by atoms with Gasteiger partial charge < -0.3 is 20.8 Å². The van der Waals surface area contributed by atoms with E-state index in [1.807, 2.05) is 0 Å². The molecule has 0 bridgehead atoms. The fourth-order valence-corrected chi connectivity index (χ4v) is 2.63. The van der Waals surface area contributed by atoms with E-state index in [2.05, 4.69) is 17.6 Å². The van der Waals surface area contributed by atoms with Gasteiger partial charge >= 0.3 is 12.0 Å². The lowest BCUT2D eigenvalue weighted by Crippen LogP contribution is -2.54. The summed E-state index contributed by atoms with van der Waals surface area (Å²) in [6.07, 6.45) is 4.17. The van der Waals surface area contributed by atoms with Gasteiger partial charge in [0.1, 0.15) is 0 Å². The zero-order valence-corrected chi connectivity index (χ0v) is 11.6. The maximum atomic E-state index is 11.8. The first kappa shape index (κ1) is 15.8. The molecule has 6 nitrogen and oxygen atoms in total. The molecule has 1 saturated carbocycles. The summed E-state index contributed by atoms with van der Waals surface area (Å²) in [6.45, 7) is 3.44. The molecule has 0 aromatic heterocycles. The number of urea groups is 1. The van der Waals surface area contributed by atoms with Crippen LogP contribution in [-0.4, -0.2) is 40.4 Å². The van der Waals surface area contributed by atoms with E-state index in [4.69, 9.17) is 5.11 Å². The van der Waals surface area contributed by atoms with Crippen molar-refractivity contribution in [2.45, 2.75) is 64.1 Å². The normalized spacial score (nSPS) is 26.3. The molecule has 4 N–H and O–H groups in total. The van der Waals surface area contributed by atoms with Gasteiger partial charge in [-0.25, -0.2) is 9.59 Å². The molecule has 4 unspecified atom stereocenters. The molecule has 0 radical (unpaired) electrons. The van der Waals surface area contributed by atoms with Crippen molar-refractivity contribution < 1.29 is 19.8 Å². The van der Waals surface area contributed by atoms with Gasteiger partial charge in [0.05, 0.1) is 6.10 Å². The van der Waals surface area contributed by atoms with Gasteiger partial charge in [-0.1, -0.05) is 26.2 Å². The first-order valence-corrected chi connectivity index (χ1v) is 6.93. The second-order valence-electron chi connectivity index (χ2n) is 5.23. The summed E-state index contributed by atoms with van der Waals surface area (Å²) in [7, 11) is 0. The summed E-state index contributed by atoms with van der Waals surface area (Å²) in [5.74, 6) is -0.782. The Labute approximate surface area is 113 Å². The van der Waals surface area contributed by atoms with Crippen LogP contribution < -0.4 is 10.6 Å². The molecule has 1 aliphatic carbocycles. The molecule has 0 aliphatic heterocycles. The third-order valence-corrected chi connectivity index (χ3v) is 3.78. The molecule has 2 amide bonds. The summed E-state index contributed by atoms with van der Waals surface area (Å²) < 4.78 is 0. The maximum absolute atomic E-state index is 11.8. The molecule has 6 heteroatoms. The molecule has 1 aliphatic rings. The van der Waals surface area contributed by atoms with Gasteiger partial charge in [-0.2, -0.15) is 0 Å². The Morgan fingerprint density at radius 3 is 2.47 bits per heavy atom. The number of nitrogens with one attached hydrogen (secondary N) is 2. The first-order valence-electron chi connectivity index (χ1n) is 6.93. The monoisotopic (exact) mass is 272 g/mol. The number of hydrogen-bond acceptors (Lipinski definition) is 3. The molecule has 0 spiro atoms. The van der Waals surface area contributed by atoms with Crippen molar-refractivity contribution in [3.63, 3.8) is 0 Å². The number of carboxylic acids is 1. The van der Waals surface area contributed by atoms with Crippen LogP contribution in [-0.2, 0) is 4.79 Å². The predicted molar refractivity (Wildman–Crippen MR) is 70.8 cm³/mol. The van der Waals surface area contributed by atoms with Crippen LogP contribution in [0, 0.1) is 5.92 Å². The van der Waals surface area contributed by atoms with E-state index in [1.54, 1.807) is 0 Å². The molecule has 1 fully saturated rings. The van der Waals surface area contributed by atoms with Gasteiger partial charge in [-0.15, -0.1) is 0 Å². The number of rotatable bonds is 5. The Morgan fingerprint density at radius 1 is 1.32 bits per heavy atom. The highest BCUT2D eigenvalue weighted by molar-refractivity contribution is 5.83. The molecule has 19 heavy (non-hydrogen) atoms. The highest BCUT2D eigenvalue weighted by atomic mass is 16.4. The lowest BCUT2D eigenvalue weighted by Gasteiger charge is -2.32. The van der Waals surface area contributed by atoms with Gasteiger partial charge in [0.15, 0.2) is 6.04 Å². The highest BCUT2D eigenvalue weighted by Gasteiger charge is 2.28. The minimum atomic E-state index is -1.27. The Kier molecular flexibility index (Phi) is 6.08. The molecule has 0 saturated heterocycles. The number of carbonyl (C=O) groups is 2. The number of carbonyl (C=O) groups excluding carboxylic acids is 1. The SMILES string of the molecule is CCC1CCCCC1NC(=O)NC(C(=O)O)C(C)O. The summed E-state index contributed by atoms with van der Waals surface area (Å²) in [5.41, 5.74) is 0. The summed E-state index contributed by atoms with van der Waals surface area (Å²) in [6, 6.07) is -1.69. The summed E-state index contributed by atoms with van der Waals surface area (Å²) >= 11 is 0. The molecule has 4 atom stereocenters. The van der Waals surface area contributed by atoms with E-state index in [1.165, 1.54) is 13.3 Å². The third kappa shape index (κ3) is 4.70. The van der Waals surface area contributed by atoms with Crippen molar-refractivity contribution in [1.82, 2.24) is 10.6 Å². The van der Waals surface area contributed by atoms with Gasteiger partial charge in [0.2, 0.25) is 0 Å². The van der Waals surface area contributed by atoms with Crippen LogP contribution in [0.15, 0.2) is 0 Å². The van der Waals surface area contributed by atoms with Crippen LogP contribution in [0.5, 0.6) is 0 Å². The van der Waals surface area contributed by atoms with Crippen molar-refractivity contribution in [2.24, 2.45) is 5.92 Å². The van der Waals surface area contributed by atoms with Gasteiger partial charge in [-0.3, -0.25) is 0 Å². The lowest BCUT2D eigenvalue weighted by molar-refractivity contribution is -0.141. The quantitative estimate of drug-likeness (QED) is 0.602. The zero-order chi connectivity index (χ0) is 14.4. The van der Waals surface area contributed by atoms with E-state index >= 15 is 0 Å². The minimum absolute atomic E-state index is 0.0993. The van der Waals surface area contributed by atoms with Crippen molar-refractivity contribution in [3.05, 3.63) is 0 Å². The molecular weight excluding hydrogens is 248 g/mol. The minimum Gasteiger partial charge on any atom is -0.480 e. The topological polar surface area (TPSA) is 98.7 Å². The van der Waals surface area contributed by atoms with Gasteiger partial charge in [-0.05, 0) is 25.7 Å². The molecule has 110 valence electrons. The smallest absolute Gasteiger partial charge is 0.328 e. The number of aliphatic hydroxyl groups excluding tert-OH is 1.